The highest BCUT2D eigenvalue weighted by atomic mass is 127. The third kappa shape index (κ3) is 5.75. The topological polar surface area (TPSA) is 63.4 Å². The van der Waals surface area contributed by atoms with Crippen LogP contribution in [0, 0.1) is 0 Å². The molecule has 0 saturated carbocycles. The van der Waals surface area contributed by atoms with Gasteiger partial charge in [-0.2, -0.15) is 0 Å². The Labute approximate surface area is 196 Å². The summed E-state index contributed by atoms with van der Waals surface area (Å²) in [4.78, 5) is 11.0. The van der Waals surface area contributed by atoms with Gasteiger partial charge in [0, 0.05) is 49.1 Å². The third-order valence-corrected chi connectivity index (χ3v) is 4.84. The van der Waals surface area contributed by atoms with E-state index in [1.165, 1.54) is 0 Å². The minimum Gasteiger partial charge on any atom is -0.497 e. The van der Waals surface area contributed by atoms with Gasteiger partial charge in [-0.1, -0.05) is 0 Å². The van der Waals surface area contributed by atoms with Crippen LogP contribution >= 0.6 is 39.9 Å². The summed E-state index contributed by atoms with van der Waals surface area (Å²) in [6.45, 7) is 1.22. The number of rotatable bonds is 6. The molecule has 7 nitrogen and oxygen atoms in total. The Morgan fingerprint density at radius 2 is 2.00 bits per heavy atom. The molecule has 0 spiro atoms. The van der Waals surface area contributed by atoms with E-state index in [1.54, 1.807) is 21.3 Å². The Kier molecular flexibility index (Phi) is 8.57. The number of ether oxygens (including phenoxy) is 2. The summed E-state index contributed by atoms with van der Waals surface area (Å²) >= 11 is 3.48. The summed E-state index contributed by atoms with van der Waals surface area (Å²) in [6.07, 6.45) is 4.00. The zero-order chi connectivity index (χ0) is 20.1. The van der Waals surface area contributed by atoms with E-state index in [0.29, 0.717) is 13.1 Å². The first-order chi connectivity index (χ1) is 13.5. The summed E-state index contributed by atoms with van der Waals surface area (Å²) < 4.78 is 13.8. The number of hydrogen-bond acceptors (Lipinski definition) is 4. The quantitative estimate of drug-likeness (QED) is 0.275. The van der Waals surface area contributed by atoms with Gasteiger partial charge in [0.15, 0.2) is 5.96 Å². The number of guanidine groups is 1. The number of hydrogen-bond donors (Lipinski definition) is 1. The van der Waals surface area contributed by atoms with E-state index in [-0.39, 0.29) is 24.0 Å². The minimum atomic E-state index is 0. The molecule has 0 aliphatic carbocycles. The fourth-order valence-electron chi connectivity index (χ4n) is 2.97. The van der Waals surface area contributed by atoms with Gasteiger partial charge >= 0.3 is 0 Å². The molecule has 156 valence electrons. The fraction of sp³-hybridized carbons (Fsp3) is 0.300. The fourth-order valence-corrected chi connectivity index (χ4v) is 3.32. The first kappa shape index (κ1) is 23.3. The second kappa shape index (κ2) is 10.7. The Bertz CT molecular complexity index is 992. The highest BCUT2D eigenvalue weighted by Crippen LogP contribution is 2.25. The van der Waals surface area contributed by atoms with Crippen molar-refractivity contribution in [2.24, 2.45) is 4.99 Å². The van der Waals surface area contributed by atoms with Crippen LogP contribution in [0.5, 0.6) is 11.5 Å². The molecule has 0 amide bonds. The highest BCUT2D eigenvalue weighted by molar-refractivity contribution is 14.0. The molecular formula is C20H25BrIN5O2. The monoisotopic (exact) mass is 573 g/mol. The highest BCUT2D eigenvalue weighted by Gasteiger charge is 2.12. The molecule has 2 aromatic heterocycles. The number of nitrogens with zero attached hydrogens (tertiary/aromatic N) is 4. The molecule has 3 rings (SSSR count). The zero-order valence-corrected chi connectivity index (χ0v) is 20.8. The lowest BCUT2D eigenvalue weighted by molar-refractivity contribution is 0.382. The normalized spacial score (nSPS) is 11.1. The maximum Gasteiger partial charge on any atom is 0.194 e. The number of pyridine rings is 1. The maximum absolute atomic E-state index is 5.49. The number of nitrogens with one attached hydrogen (secondary N) is 1. The predicted molar refractivity (Wildman–Crippen MR) is 130 cm³/mol. The van der Waals surface area contributed by atoms with Crippen molar-refractivity contribution >= 4 is 51.5 Å². The number of methoxy groups -OCH3 is 2. The van der Waals surface area contributed by atoms with Crippen LogP contribution in [0.3, 0.4) is 0 Å². The first-order valence-electron chi connectivity index (χ1n) is 8.80. The van der Waals surface area contributed by atoms with Gasteiger partial charge in [0.1, 0.15) is 17.1 Å². The van der Waals surface area contributed by atoms with E-state index in [4.69, 9.17) is 9.47 Å². The molecule has 29 heavy (non-hydrogen) atoms. The van der Waals surface area contributed by atoms with Gasteiger partial charge in [-0.15, -0.1) is 24.0 Å². The number of aromatic nitrogens is 2. The smallest absolute Gasteiger partial charge is 0.194 e. The molecule has 0 atom stereocenters. The van der Waals surface area contributed by atoms with E-state index >= 15 is 0 Å². The van der Waals surface area contributed by atoms with Crippen molar-refractivity contribution in [1.82, 2.24) is 19.6 Å². The lowest BCUT2D eigenvalue weighted by Gasteiger charge is -2.23. The van der Waals surface area contributed by atoms with Gasteiger partial charge in [0.2, 0.25) is 0 Å². The van der Waals surface area contributed by atoms with E-state index in [9.17, 15) is 0 Å². The molecular weight excluding hydrogens is 549 g/mol. The molecule has 0 unspecified atom stereocenters. The molecule has 0 aliphatic rings. The summed E-state index contributed by atoms with van der Waals surface area (Å²) in [6, 6.07) is 9.77. The minimum absolute atomic E-state index is 0. The largest absolute Gasteiger partial charge is 0.497 e. The second-order valence-corrected chi connectivity index (χ2v) is 7.20. The van der Waals surface area contributed by atoms with Crippen LogP contribution in [0.15, 0.2) is 52.2 Å². The van der Waals surface area contributed by atoms with Crippen molar-refractivity contribution in [3.8, 4) is 11.5 Å². The predicted octanol–water partition coefficient (Wildman–Crippen LogP) is 3.94. The van der Waals surface area contributed by atoms with Crippen LogP contribution in [0.2, 0.25) is 0 Å². The molecule has 0 bridgehead atoms. The number of benzene rings is 1. The molecule has 2 heterocycles. The molecule has 0 aliphatic heterocycles. The summed E-state index contributed by atoms with van der Waals surface area (Å²) in [5, 5.41) is 3.36. The van der Waals surface area contributed by atoms with Gasteiger partial charge in [0.05, 0.1) is 26.5 Å². The van der Waals surface area contributed by atoms with Crippen LogP contribution in [0.1, 0.15) is 11.3 Å². The van der Waals surface area contributed by atoms with Crippen molar-refractivity contribution in [2.75, 3.05) is 28.3 Å². The SMILES string of the molecule is CN=C(NCc1cn2cc(Br)ccc2n1)N(C)Cc1ccc(OC)cc1OC.I. The Morgan fingerprint density at radius 3 is 2.69 bits per heavy atom. The number of halogens is 2. The van der Waals surface area contributed by atoms with Crippen LogP contribution in [0.4, 0.5) is 0 Å². The molecule has 0 radical (unpaired) electrons. The molecule has 1 N–H and O–H groups in total. The van der Waals surface area contributed by atoms with Crippen molar-refractivity contribution in [1.29, 1.82) is 0 Å². The first-order valence-corrected chi connectivity index (χ1v) is 9.59. The number of aliphatic imine (C=N–C) groups is 1. The van der Waals surface area contributed by atoms with E-state index in [1.807, 2.05) is 59.1 Å². The van der Waals surface area contributed by atoms with Crippen molar-refractivity contribution in [3.05, 3.63) is 58.5 Å². The van der Waals surface area contributed by atoms with Gasteiger partial charge in [0.25, 0.3) is 0 Å². The van der Waals surface area contributed by atoms with Crippen molar-refractivity contribution in [3.63, 3.8) is 0 Å². The number of imidazole rings is 1. The lowest BCUT2D eigenvalue weighted by Crippen LogP contribution is -2.38. The van der Waals surface area contributed by atoms with E-state index in [0.717, 1.165) is 38.8 Å². The Hall–Kier alpha value is -2.01. The van der Waals surface area contributed by atoms with Crippen molar-refractivity contribution in [2.45, 2.75) is 13.1 Å². The summed E-state index contributed by atoms with van der Waals surface area (Å²) in [5.41, 5.74) is 2.90. The summed E-state index contributed by atoms with van der Waals surface area (Å²) in [7, 11) is 7.06. The van der Waals surface area contributed by atoms with E-state index in [2.05, 4.69) is 31.2 Å². The Balaban J connectivity index is 0.00000300. The third-order valence-electron chi connectivity index (χ3n) is 4.37. The van der Waals surface area contributed by atoms with Crippen LogP contribution in [-0.2, 0) is 13.1 Å². The van der Waals surface area contributed by atoms with Gasteiger partial charge in [-0.05, 0) is 40.2 Å². The van der Waals surface area contributed by atoms with Crippen LogP contribution in [-0.4, -0.2) is 48.6 Å². The molecule has 9 heteroatoms. The van der Waals surface area contributed by atoms with Crippen LogP contribution in [0.25, 0.3) is 5.65 Å². The van der Waals surface area contributed by atoms with Crippen LogP contribution < -0.4 is 14.8 Å². The lowest BCUT2D eigenvalue weighted by atomic mass is 10.2. The molecule has 0 saturated heterocycles. The van der Waals surface area contributed by atoms with E-state index < -0.39 is 0 Å². The van der Waals surface area contributed by atoms with Gasteiger partial charge < -0.3 is 24.1 Å². The Morgan fingerprint density at radius 1 is 1.21 bits per heavy atom. The number of fused-ring (bicyclic) bond motifs is 1. The molecule has 0 fully saturated rings. The second-order valence-electron chi connectivity index (χ2n) is 6.28. The molecule has 3 aromatic rings. The van der Waals surface area contributed by atoms with Gasteiger partial charge in [-0.3, -0.25) is 4.99 Å². The average molecular weight is 574 g/mol. The summed E-state index contributed by atoms with van der Waals surface area (Å²) in [5.74, 6) is 2.33. The van der Waals surface area contributed by atoms with Gasteiger partial charge in [-0.25, -0.2) is 4.98 Å². The zero-order valence-electron chi connectivity index (χ0n) is 16.8. The molecule has 1 aromatic carbocycles. The maximum atomic E-state index is 5.49. The standard InChI is InChI=1S/C20H24BrN5O2.HI/c1-22-20(23-10-16-13-26-12-15(21)6-8-19(26)24-16)25(2)11-14-5-7-17(27-3)9-18(14)28-4;/h5-9,12-13H,10-11H2,1-4H3,(H,22,23);1H. The average Bonchev–Trinajstić information content (AvgIpc) is 3.10. The van der Waals surface area contributed by atoms with Crippen molar-refractivity contribution < 1.29 is 9.47 Å².